The highest BCUT2D eigenvalue weighted by Gasteiger charge is 2.51. The van der Waals surface area contributed by atoms with Crippen LogP contribution in [0.15, 0.2) is 0 Å². The molecule has 0 aromatic carbocycles. The molecule has 3 atom stereocenters. The van der Waals surface area contributed by atoms with Gasteiger partial charge in [0.05, 0.1) is 6.10 Å². The highest BCUT2D eigenvalue weighted by molar-refractivity contribution is 5.87. The summed E-state index contributed by atoms with van der Waals surface area (Å²) in [5.74, 6) is -0.923. The lowest BCUT2D eigenvalue weighted by Crippen LogP contribution is -2.59. The van der Waals surface area contributed by atoms with Gasteiger partial charge in [0.25, 0.3) is 0 Å². The van der Waals surface area contributed by atoms with E-state index in [4.69, 9.17) is 0 Å². The Morgan fingerprint density at radius 2 is 1.80 bits per heavy atom. The van der Waals surface area contributed by atoms with Crippen LogP contribution in [0.2, 0.25) is 0 Å². The van der Waals surface area contributed by atoms with E-state index >= 15 is 0 Å². The normalized spacial score (nSPS) is 40.2. The van der Waals surface area contributed by atoms with Crippen LogP contribution in [0, 0.1) is 0 Å². The molecule has 3 aliphatic heterocycles. The second-order valence-electron chi connectivity index (χ2n) is 6.53. The number of likely N-dealkylation sites (tertiary alicyclic amines) is 1. The van der Waals surface area contributed by atoms with Crippen LogP contribution in [0.4, 0.5) is 4.79 Å². The lowest BCUT2D eigenvalue weighted by atomic mass is 9.98. The van der Waals surface area contributed by atoms with E-state index in [0.717, 1.165) is 19.3 Å². The molecule has 3 rings (SSSR count). The van der Waals surface area contributed by atoms with Crippen molar-refractivity contribution in [3.63, 3.8) is 0 Å². The van der Waals surface area contributed by atoms with Crippen molar-refractivity contribution in [2.75, 3.05) is 6.54 Å². The van der Waals surface area contributed by atoms with Crippen LogP contribution in [0.5, 0.6) is 0 Å². The van der Waals surface area contributed by atoms with Gasteiger partial charge in [0.2, 0.25) is 0 Å². The summed E-state index contributed by atoms with van der Waals surface area (Å²) in [6.45, 7) is 2.15. The van der Waals surface area contributed by atoms with E-state index in [-0.39, 0.29) is 24.2 Å². The summed E-state index contributed by atoms with van der Waals surface area (Å²) >= 11 is 0. The SMILES string of the molecule is CC1(C(=O)O)CCCN1C(=O)N1C2CCC1CC(O)C2. The van der Waals surface area contributed by atoms with E-state index in [9.17, 15) is 19.8 Å². The van der Waals surface area contributed by atoms with Crippen LogP contribution in [-0.2, 0) is 4.79 Å². The van der Waals surface area contributed by atoms with E-state index in [1.165, 1.54) is 4.90 Å². The molecule has 3 heterocycles. The predicted octanol–water partition coefficient (Wildman–Crippen LogP) is 1.03. The molecule has 6 nitrogen and oxygen atoms in total. The maximum atomic E-state index is 12.8. The minimum Gasteiger partial charge on any atom is -0.480 e. The molecule has 0 aliphatic carbocycles. The zero-order valence-electron chi connectivity index (χ0n) is 11.8. The lowest BCUT2D eigenvalue weighted by molar-refractivity contribution is -0.147. The van der Waals surface area contributed by atoms with Crippen molar-refractivity contribution in [1.82, 2.24) is 9.80 Å². The summed E-state index contributed by atoms with van der Waals surface area (Å²) in [5, 5.41) is 19.2. The zero-order valence-corrected chi connectivity index (χ0v) is 11.8. The molecule has 20 heavy (non-hydrogen) atoms. The van der Waals surface area contributed by atoms with Gasteiger partial charge in [-0.1, -0.05) is 0 Å². The maximum Gasteiger partial charge on any atom is 0.329 e. The summed E-state index contributed by atoms with van der Waals surface area (Å²) in [4.78, 5) is 27.7. The first-order valence-electron chi connectivity index (χ1n) is 7.45. The van der Waals surface area contributed by atoms with Gasteiger partial charge in [-0.05, 0) is 45.4 Å². The minimum atomic E-state index is -1.08. The average Bonchev–Trinajstić information content (AvgIpc) is 2.89. The number of carbonyl (C=O) groups is 2. The van der Waals surface area contributed by atoms with E-state index in [1.807, 2.05) is 4.90 Å². The first-order valence-corrected chi connectivity index (χ1v) is 7.45. The number of nitrogens with zero attached hydrogens (tertiary/aromatic N) is 2. The third kappa shape index (κ3) is 1.89. The first-order chi connectivity index (χ1) is 9.43. The van der Waals surface area contributed by atoms with Crippen LogP contribution in [0.3, 0.4) is 0 Å². The third-order valence-electron chi connectivity index (χ3n) is 5.26. The van der Waals surface area contributed by atoms with Crippen molar-refractivity contribution in [1.29, 1.82) is 0 Å². The summed E-state index contributed by atoms with van der Waals surface area (Å²) in [5.41, 5.74) is -1.08. The van der Waals surface area contributed by atoms with E-state index < -0.39 is 11.5 Å². The highest BCUT2D eigenvalue weighted by Crippen LogP contribution is 2.39. The largest absolute Gasteiger partial charge is 0.480 e. The molecule has 2 N–H and O–H groups in total. The molecule has 0 aromatic heterocycles. The number of aliphatic hydroxyl groups is 1. The predicted molar refractivity (Wildman–Crippen MR) is 71.3 cm³/mol. The number of carboxylic acid groups (broad SMARTS) is 1. The van der Waals surface area contributed by atoms with Crippen molar-refractivity contribution in [3.05, 3.63) is 0 Å². The second-order valence-corrected chi connectivity index (χ2v) is 6.53. The topological polar surface area (TPSA) is 81.1 Å². The van der Waals surface area contributed by atoms with Crippen molar-refractivity contribution >= 4 is 12.0 Å². The molecular weight excluding hydrogens is 260 g/mol. The fourth-order valence-electron chi connectivity index (χ4n) is 4.09. The smallest absolute Gasteiger partial charge is 0.329 e. The fourth-order valence-corrected chi connectivity index (χ4v) is 4.09. The van der Waals surface area contributed by atoms with E-state index in [2.05, 4.69) is 0 Å². The number of rotatable bonds is 1. The number of carboxylic acids is 1. The Morgan fingerprint density at radius 3 is 2.35 bits per heavy atom. The van der Waals surface area contributed by atoms with Gasteiger partial charge in [-0.25, -0.2) is 9.59 Å². The average molecular weight is 282 g/mol. The van der Waals surface area contributed by atoms with Gasteiger partial charge in [0.1, 0.15) is 5.54 Å². The number of fused-ring (bicyclic) bond motifs is 2. The molecule has 3 fully saturated rings. The second kappa shape index (κ2) is 4.62. The monoisotopic (exact) mass is 282 g/mol. The zero-order chi connectivity index (χ0) is 14.5. The number of aliphatic carboxylic acids is 1. The van der Waals surface area contributed by atoms with Crippen LogP contribution in [0.1, 0.15) is 45.4 Å². The van der Waals surface area contributed by atoms with Crippen molar-refractivity contribution in [2.45, 2.75) is 69.2 Å². The van der Waals surface area contributed by atoms with E-state index in [0.29, 0.717) is 25.8 Å². The Kier molecular flexibility index (Phi) is 3.16. The molecule has 6 heteroatoms. The van der Waals surface area contributed by atoms with Crippen LogP contribution in [0.25, 0.3) is 0 Å². The Hall–Kier alpha value is -1.30. The Morgan fingerprint density at radius 1 is 1.20 bits per heavy atom. The fraction of sp³-hybridized carbons (Fsp3) is 0.857. The molecule has 2 bridgehead atoms. The Balaban J connectivity index is 1.81. The highest BCUT2D eigenvalue weighted by atomic mass is 16.4. The number of urea groups is 1. The van der Waals surface area contributed by atoms with Gasteiger partial charge in [-0.2, -0.15) is 0 Å². The Bertz CT molecular complexity index is 427. The molecule has 3 unspecified atom stereocenters. The van der Waals surface area contributed by atoms with Gasteiger partial charge in [-0.15, -0.1) is 0 Å². The summed E-state index contributed by atoms with van der Waals surface area (Å²) in [6.07, 6.45) is 4.02. The van der Waals surface area contributed by atoms with Gasteiger partial charge < -0.3 is 20.0 Å². The molecule has 0 saturated carbocycles. The number of carbonyl (C=O) groups excluding carboxylic acids is 1. The number of piperidine rings is 1. The maximum absolute atomic E-state index is 12.8. The molecule has 0 spiro atoms. The molecular formula is C14H22N2O4. The first kappa shape index (κ1) is 13.7. The third-order valence-corrected chi connectivity index (χ3v) is 5.26. The number of hydrogen-bond acceptors (Lipinski definition) is 3. The van der Waals surface area contributed by atoms with Crippen LogP contribution >= 0.6 is 0 Å². The number of hydrogen-bond donors (Lipinski definition) is 2. The van der Waals surface area contributed by atoms with Gasteiger partial charge in [0.15, 0.2) is 0 Å². The van der Waals surface area contributed by atoms with Gasteiger partial charge in [-0.3, -0.25) is 0 Å². The molecule has 3 aliphatic rings. The van der Waals surface area contributed by atoms with Gasteiger partial charge in [0, 0.05) is 18.6 Å². The Labute approximate surface area is 118 Å². The standard InChI is InChI=1S/C14H22N2O4/c1-14(12(18)19)5-2-6-15(14)13(20)16-9-3-4-10(16)8-11(17)7-9/h9-11,17H,2-8H2,1H3,(H,18,19). The van der Waals surface area contributed by atoms with E-state index in [1.54, 1.807) is 6.92 Å². The lowest BCUT2D eigenvalue weighted by Gasteiger charge is -2.42. The molecule has 2 amide bonds. The van der Waals surface area contributed by atoms with Crippen LogP contribution < -0.4 is 0 Å². The summed E-state index contributed by atoms with van der Waals surface area (Å²) in [6, 6.07) is 0.0107. The van der Waals surface area contributed by atoms with Crippen molar-refractivity contribution in [2.24, 2.45) is 0 Å². The van der Waals surface area contributed by atoms with Crippen LogP contribution in [-0.4, -0.2) is 62.3 Å². The number of amides is 2. The molecule has 0 aromatic rings. The minimum absolute atomic E-state index is 0.0786. The van der Waals surface area contributed by atoms with Crippen molar-refractivity contribution < 1.29 is 19.8 Å². The molecule has 0 radical (unpaired) electrons. The summed E-state index contributed by atoms with van der Waals surface area (Å²) < 4.78 is 0. The van der Waals surface area contributed by atoms with Gasteiger partial charge >= 0.3 is 12.0 Å². The quantitative estimate of drug-likeness (QED) is 0.753. The molecule has 3 saturated heterocycles. The summed E-state index contributed by atoms with van der Waals surface area (Å²) in [7, 11) is 0. The number of aliphatic hydroxyl groups excluding tert-OH is 1. The van der Waals surface area contributed by atoms with Crippen molar-refractivity contribution in [3.8, 4) is 0 Å². The molecule has 112 valence electrons.